The molecule has 1 unspecified atom stereocenters. The first-order valence-corrected chi connectivity index (χ1v) is 6.91. The van der Waals surface area contributed by atoms with Crippen LogP contribution in [0.3, 0.4) is 0 Å². The molecule has 0 saturated carbocycles. The van der Waals surface area contributed by atoms with Crippen LogP contribution in [0.2, 0.25) is 0 Å². The molecule has 0 spiro atoms. The van der Waals surface area contributed by atoms with Crippen molar-refractivity contribution < 1.29 is 4.74 Å². The van der Waals surface area contributed by atoms with E-state index in [-0.39, 0.29) is 6.04 Å². The molecule has 1 aliphatic rings. The number of fused-ring (bicyclic) bond motifs is 1. The summed E-state index contributed by atoms with van der Waals surface area (Å²) in [7, 11) is 0. The van der Waals surface area contributed by atoms with E-state index < -0.39 is 0 Å². The second-order valence-corrected chi connectivity index (χ2v) is 5.06. The Balaban J connectivity index is 1.91. The van der Waals surface area contributed by atoms with Gasteiger partial charge in [-0.15, -0.1) is 0 Å². The van der Waals surface area contributed by atoms with Gasteiger partial charge in [0.1, 0.15) is 5.75 Å². The van der Waals surface area contributed by atoms with Gasteiger partial charge in [-0.05, 0) is 42.0 Å². The minimum Gasteiger partial charge on any atom is -0.493 e. The van der Waals surface area contributed by atoms with Crippen molar-refractivity contribution in [1.82, 2.24) is 0 Å². The predicted molar refractivity (Wildman–Crippen MR) is 77.3 cm³/mol. The van der Waals surface area contributed by atoms with Crippen LogP contribution in [0.25, 0.3) is 0 Å². The molecule has 19 heavy (non-hydrogen) atoms. The maximum Gasteiger partial charge on any atom is 0.122 e. The van der Waals surface area contributed by atoms with Crippen molar-refractivity contribution in [1.29, 1.82) is 0 Å². The number of hydrogen-bond acceptors (Lipinski definition) is 2. The van der Waals surface area contributed by atoms with Crippen LogP contribution in [-0.2, 0) is 6.42 Å². The molecule has 98 valence electrons. The van der Waals surface area contributed by atoms with E-state index in [0.717, 1.165) is 36.3 Å². The number of aryl methyl sites for hydroxylation is 1. The van der Waals surface area contributed by atoms with E-state index in [1.165, 1.54) is 12.0 Å². The summed E-state index contributed by atoms with van der Waals surface area (Å²) in [5.74, 6) is 1.03. The molecule has 0 aromatic heterocycles. The largest absolute Gasteiger partial charge is 0.493 e. The Bertz CT molecular complexity index is 550. The molecule has 0 radical (unpaired) electrons. The molecule has 2 aromatic rings. The lowest BCUT2D eigenvalue weighted by atomic mass is 9.96. The van der Waals surface area contributed by atoms with Gasteiger partial charge in [0.25, 0.3) is 0 Å². The predicted octanol–water partition coefficient (Wildman–Crippen LogP) is 3.45. The van der Waals surface area contributed by atoms with Gasteiger partial charge >= 0.3 is 0 Å². The van der Waals surface area contributed by atoms with Gasteiger partial charge in [-0.3, -0.25) is 0 Å². The Labute approximate surface area is 114 Å². The van der Waals surface area contributed by atoms with E-state index in [0.29, 0.717) is 0 Å². The monoisotopic (exact) mass is 253 g/mol. The Morgan fingerprint density at radius 1 is 0.947 bits per heavy atom. The van der Waals surface area contributed by atoms with Gasteiger partial charge in [0.2, 0.25) is 0 Å². The van der Waals surface area contributed by atoms with Crippen LogP contribution in [0.5, 0.6) is 5.75 Å². The van der Waals surface area contributed by atoms with Crippen molar-refractivity contribution in [2.75, 3.05) is 6.61 Å². The van der Waals surface area contributed by atoms with Crippen LogP contribution in [-0.4, -0.2) is 6.61 Å². The minimum atomic E-state index is -0.0604. The molecule has 2 nitrogen and oxygen atoms in total. The summed E-state index contributed by atoms with van der Waals surface area (Å²) in [5.41, 5.74) is 9.95. The maximum atomic E-state index is 6.35. The zero-order valence-corrected chi connectivity index (χ0v) is 11.0. The fraction of sp³-hybridized carbons (Fsp3) is 0.294. The zero-order valence-electron chi connectivity index (χ0n) is 11.0. The average Bonchev–Trinajstić information content (AvgIpc) is 2.72. The van der Waals surface area contributed by atoms with Crippen LogP contribution in [0.1, 0.15) is 35.6 Å². The second-order valence-electron chi connectivity index (χ2n) is 5.06. The summed E-state index contributed by atoms with van der Waals surface area (Å²) in [4.78, 5) is 0. The highest BCUT2D eigenvalue weighted by Gasteiger charge is 2.13. The van der Waals surface area contributed by atoms with Gasteiger partial charge in [0.15, 0.2) is 0 Å². The number of nitrogens with two attached hydrogens (primary N) is 1. The first kappa shape index (κ1) is 12.2. The third-order valence-electron chi connectivity index (χ3n) is 3.70. The van der Waals surface area contributed by atoms with E-state index in [9.17, 15) is 0 Å². The van der Waals surface area contributed by atoms with Crippen LogP contribution < -0.4 is 10.5 Å². The van der Waals surface area contributed by atoms with E-state index >= 15 is 0 Å². The minimum absolute atomic E-state index is 0.0604. The van der Waals surface area contributed by atoms with Crippen LogP contribution in [0.15, 0.2) is 48.5 Å². The Morgan fingerprint density at radius 2 is 1.79 bits per heavy atom. The molecular weight excluding hydrogens is 234 g/mol. The van der Waals surface area contributed by atoms with Gasteiger partial charge < -0.3 is 10.5 Å². The van der Waals surface area contributed by atoms with Crippen LogP contribution in [0, 0.1) is 0 Å². The Kier molecular flexibility index (Phi) is 3.51. The summed E-state index contributed by atoms with van der Waals surface area (Å²) >= 11 is 0. The lowest BCUT2D eigenvalue weighted by Gasteiger charge is -2.15. The van der Waals surface area contributed by atoms with Crippen LogP contribution in [0.4, 0.5) is 0 Å². The maximum absolute atomic E-state index is 6.35. The third-order valence-corrected chi connectivity index (χ3v) is 3.70. The smallest absolute Gasteiger partial charge is 0.122 e. The SMILES string of the molecule is NC(c1ccccc1)c1ccc2c(c1)CCCCO2. The summed E-state index contributed by atoms with van der Waals surface area (Å²) in [6.07, 6.45) is 3.41. The fourth-order valence-electron chi connectivity index (χ4n) is 2.58. The first-order valence-electron chi connectivity index (χ1n) is 6.91. The van der Waals surface area contributed by atoms with Gasteiger partial charge in [-0.2, -0.15) is 0 Å². The summed E-state index contributed by atoms with van der Waals surface area (Å²) in [6, 6.07) is 16.5. The van der Waals surface area contributed by atoms with Crippen molar-refractivity contribution in [2.24, 2.45) is 5.73 Å². The highest BCUT2D eigenvalue weighted by molar-refractivity contribution is 5.41. The number of benzene rings is 2. The molecule has 2 N–H and O–H groups in total. The molecule has 0 saturated heterocycles. The zero-order chi connectivity index (χ0) is 13.1. The van der Waals surface area contributed by atoms with Crippen molar-refractivity contribution in [3.8, 4) is 5.75 Å². The standard InChI is InChI=1S/C17H19NO/c18-17(13-6-2-1-3-7-13)15-9-10-16-14(12-15)8-4-5-11-19-16/h1-3,6-7,9-10,12,17H,4-5,8,11,18H2. The summed E-state index contributed by atoms with van der Waals surface area (Å²) in [6.45, 7) is 0.830. The van der Waals surface area contributed by atoms with Gasteiger partial charge in [-0.1, -0.05) is 42.5 Å². The van der Waals surface area contributed by atoms with Gasteiger partial charge in [0, 0.05) is 0 Å². The third kappa shape index (κ3) is 2.64. The van der Waals surface area contributed by atoms with Crippen molar-refractivity contribution in [2.45, 2.75) is 25.3 Å². The molecule has 3 rings (SSSR count). The molecular formula is C17H19NO. The van der Waals surface area contributed by atoms with E-state index in [1.807, 2.05) is 18.2 Å². The van der Waals surface area contributed by atoms with Gasteiger partial charge in [-0.25, -0.2) is 0 Å². The molecule has 0 bridgehead atoms. The van der Waals surface area contributed by atoms with E-state index in [2.05, 4.69) is 30.3 Å². The number of rotatable bonds is 2. The van der Waals surface area contributed by atoms with E-state index in [4.69, 9.17) is 10.5 Å². The number of hydrogen-bond donors (Lipinski definition) is 1. The summed E-state index contributed by atoms with van der Waals surface area (Å²) < 4.78 is 5.75. The van der Waals surface area contributed by atoms with E-state index in [1.54, 1.807) is 0 Å². The quantitative estimate of drug-likeness (QED) is 0.889. The fourth-order valence-corrected chi connectivity index (χ4v) is 2.58. The molecule has 1 heterocycles. The van der Waals surface area contributed by atoms with Gasteiger partial charge in [0.05, 0.1) is 12.6 Å². The van der Waals surface area contributed by atoms with Crippen molar-refractivity contribution >= 4 is 0 Å². The molecule has 1 aliphatic heterocycles. The normalized spacial score (nSPS) is 16.1. The van der Waals surface area contributed by atoms with Crippen LogP contribution >= 0.6 is 0 Å². The lowest BCUT2D eigenvalue weighted by Crippen LogP contribution is -2.12. The van der Waals surface area contributed by atoms with Crippen molar-refractivity contribution in [3.63, 3.8) is 0 Å². The molecule has 0 aliphatic carbocycles. The molecule has 2 heteroatoms. The average molecular weight is 253 g/mol. The molecule has 0 amide bonds. The molecule has 1 atom stereocenters. The summed E-state index contributed by atoms with van der Waals surface area (Å²) in [5, 5.41) is 0. The van der Waals surface area contributed by atoms with Crippen molar-refractivity contribution in [3.05, 3.63) is 65.2 Å². The first-order chi connectivity index (χ1) is 9.34. The Hall–Kier alpha value is -1.80. The highest BCUT2D eigenvalue weighted by Crippen LogP contribution is 2.28. The highest BCUT2D eigenvalue weighted by atomic mass is 16.5. The lowest BCUT2D eigenvalue weighted by molar-refractivity contribution is 0.317. The second kappa shape index (κ2) is 5.45. The number of ether oxygens (including phenoxy) is 1. The molecule has 2 aromatic carbocycles. The topological polar surface area (TPSA) is 35.2 Å². The Morgan fingerprint density at radius 3 is 2.63 bits per heavy atom. The molecule has 0 fully saturated rings.